The number of aliphatic carboxylic acids is 1. The molecular formula is C32H44ClFN4O4SSi. The third kappa shape index (κ3) is 7.45. The SMILES string of the molecule is CCN1C(O[C@H](C)c2ccc(CO[Si](C)(C)C(C)(C)C)cc2Cl)=C(C(=O)O)SC1c1cnc2ccc(CN(C)CCF)cn12. The van der Waals surface area contributed by atoms with Gasteiger partial charge in [-0.2, -0.15) is 0 Å². The van der Waals surface area contributed by atoms with Crippen LogP contribution in [0.25, 0.3) is 5.65 Å². The number of pyridine rings is 1. The number of nitrogens with zero attached hydrogens (tertiary/aromatic N) is 4. The lowest BCUT2D eigenvalue weighted by Gasteiger charge is -2.36. The molecule has 0 saturated heterocycles. The van der Waals surface area contributed by atoms with E-state index in [1.165, 1.54) is 11.8 Å². The van der Waals surface area contributed by atoms with Crippen LogP contribution in [0.15, 0.2) is 53.5 Å². The van der Waals surface area contributed by atoms with Crippen molar-refractivity contribution in [1.82, 2.24) is 19.2 Å². The number of carboxylic acids is 1. The van der Waals surface area contributed by atoms with Crippen molar-refractivity contribution >= 4 is 43.3 Å². The highest BCUT2D eigenvalue weighted by atomic mass is 35.5. The van der Waals surface area contributed by atoms with Gasteiger partial charge in [-0.3, -0.25) is 4.90 Å². The van der Waals surface area contributed by atoms with Gasteiger partial charge in [0.2, 0.25) is 5.88 Å². The zero-order valence-electron chi connectivity index (χ0n) is 26.9. The fourth-order valence-electron chi connectivity index (χ4n) is 4.81. The summed E-state index contributed by atoms with van der Waals surface area (Å²) in [5.74, 6) is -0.748. The van der Waals surface area contributed by atoms with E-state index in [-0.39, 0.29) is 15.3 Å². The zero-order chi connectivity index (χ0) is 32.4. The summed E-state index contributed by atoms with van der Waals surface area (Å²) < 4.78 is 27.6. The molecule has 1 N–H and O–H groups in total. The van der Waals surface area contributed by atoms with Gasteiger partial charge < -0.3 is 23.6 Å². The van der Waals surface area contributed by atoms with Crippen molar-refractivity contribution in [2.75, 3.05) is 26.8 Å². The third-order valence-corrected chi connectivity index (χ3v) is 14.6. The van der Waals surface area contributed by atoms with Gasteiger partial charge in [-0.05, 0) is 62.3 Å². The molecule has 44 heavy (non-hydrogen) atoms. The van der Waals surface area contributed by atoms with Crippen LogP contribution >= 0.6 is 23.4 Å². The second-order valence-corrected chi connectivity index (χ2v) is 19.0. The summed E-state index contributed by atoms with van der Waals surface area (Å²) in [5.41, 5.74) is 4.33. The number of ether oxygens (including phenoxy) is 1. The topological polar surface area (TPSA) is 79.5 Å². The van der Waals surface area contributed by atoms with E-state index in [2.05, 4.69) is 38.8 Å². The van der Waals surface area contributed by atoms with E-state index in [4.69, 9.17) is 20.8 Å². The van der Waals surface area contributed by atoms with Gasteiger partial charge in [-0.25, -0.2) is 14.2 Å². The second-order valence-electron chi connectivity index (χ2n) is 12.7. The molecule has 0 radical (unpaired) electrons. The summed E-state index contributed by atoms with van der Waals surface area (Å²) in [6, 6.07) is 9.73. The summed E-state index contributed by atoms with van der Waals surface area (Å²) >= 11 is 7.98. The minimum Gasteiger partial charge on any atom is -0.477 e. The number of hydrogen-bond donors (Lipinski definition) is 1. The Kier molecular flexibility index (Phi) is 10.8. The van der Waals surface area contributed by atoms with Gasteiger partial charge in [0.1, 0.15) is 23.8 Å². The van der Waals surface area contributed by atoms with E-state index in [9.17, 15) is 14.3 Å². The van der Waals surface area contributed by atoms with E-state index in [1.54, 1.807) is 6.20 Å². The van der Waals surface area contributed by atoms with Crippen molar-refractivity contribution in [2.45, 2.75) is 77.4 Å². The molecule has 8 nitrogen and oxygen atoms in total. The number of benzene rings is 1. The Balaban J connectivity index is 1.56. The van der Waals surface area contributed by atoms with Crippen molar-refractivity contribution in [3.63, 3.8) is 0 Å². The molecule has 1 aliphatic heterocycles. The molecule has 0 spiro atoms. The van der Waals surface area contributed by atoms with Crippen LogP contribution in [0.2, 0.25) is 23.2 Å². The van der Waals surface area contributed by atoms with E-state index < -0.39 is 27.1 Å². The summed E-state index contributed by atoms with van der Waals surface area (Å²) in [4.78, 5) is 21.0. The lowest BCUT2D eigenvalue weighted by Crippen LogP contribution is -2.40. The molecule has 0 fully saturated rings. The summed E-state index contributed by atoms with van der Waals surface area (Å²) in [6.45, 7) is 16.4. The Morgan fingerprint density at radius 1 is 1.25 bits per heavy atom. The van der Waals surface area contributed by atoms with E-state index >= 15 is 0 Å². The number of aromatic nitrogens is 2. The molecule has 0 saturated carbocycles. The van der Waals surface area contributed by atoms with Gasteiger partial charge in [0, 0.05) is 36.4 Å². The smallest absolute Gasteiger partial charge is 0.347 e. The van der Waals surface area contributed by atoms with Gasteiger partial charge in [0.05, 0.1) is 18.5 Å². The summed E-state index contributed by atoms with van der Waals surface area (Å²) in [7, 11) is -0.0399. The van der Waals surface area contributed by atoms with Gasteiger partial charge >= 0.3 is 5.97 Å². The number of alkyl halides is 1. The maximum atomic E-state index is 12.8. The van der Waals surface area contributed by atoms with Crippen LogP contribution in [0.5, 0.6) is 0 Å². The predicted octanol–water partition coefficient (Wildman–Crippen LogP) is 8.01. The summed E-state index contributed by atoms with van der Waals surface area (Å²) in [5, 5.41) is 10.5. The summed E-state index contributed by atoms with van der Waals surface area (Å²) in [6.07, 6.45) is 3.26. The molecule has 0 amide bonds. The van der Waals surface area contributed by atoms with Crippen LogP contribution in [-0.2, 0) is 27.1 Å². The van der Waals surface area contributed by atoms with Gasteiger partial charge in [0.25, 0.3) is 0 Å². The molecule has 12 heteroatoms. The molecule has 3 heterocycles. The molecule has 0 aliphatic carbocycles. The first-order chi connectivity index (χ1) is 20.7. The quantitative estimate of drug-likeness (QED) is 0.184. The number of carboxylic acid groups (broad SMARTS) is 1. The predicted molar refractivity (Wildman–Crippen MR) is 178 cm³/mol. The number of carbonyl (C=O) groups is 1. The maximum Gasteiger partial charge on any atom is 0.347 e. The number of rotatable bonds is 13. The average molecular weight is 663 g/mol. The van der Waals surface area contributed by atoms with Crippen LogP contribution in [0.3, 0.4) is 0 Å². The van der Waals surface area contributed by atoms with Crippen LogP contribution in [-0.4, -0.2) is 65.4 Å². The fraction of sp³-hybridized carbons (Fsp3) is 0.500. The molecule has 2 atom stereocenters. The minimum absolute atomic E-state index is 0.106. The first-order valence-electron chi connectivity index (χ1n) is 14.9. The maximum absolute atomic E-state index is 12.8. The van der Waals surface area contributed by atoms with Crippen LogP contribution in [0, 0.1) is 0 Å². The number of imidazole rings is 1. The van der Waals surface area contributed by atoms with E-state index in [1.807, 2.05) is 71.6 Å². The second kappa shape index (κ2) is 13.8. The Morgan fingerprint density at radius 3 is 2.57 bits per heavy atom. The van der Waals surface area contributed by atoms with Crippen LogP contribution in [0.4, 0.5) is 4.39 Å². The van der Waals surface area contributed by atoms with Crippen LogP contribution < -0.4 is 0 Å². The largest absolute Gasteiger partial charge is 0.477 e. The number of fused-ring (bicyclic) bond motifs is 1. The normalized spacial score (nSPS) is 16.8. The van der Waals surface area contributed by atoms with Gasteiger partial charge in [0.15, 0.2) is 13.2 Å². The monoisotopic (exact) mass is 662 g/mol. The molecule has 1 aliphatic rings. The first-order valence-corrected chi connectivity index (χ1v) is 19.0. The van der Waals surface area contributed by atoms with Crippen molar-refractivity contribution in [2.24, 2.45) is 0 Å². The molecule has 1 unspecified atom stereocenters. The Morgan fingerprint density at radius 2 is 1.95 bits per heavy atom. The highest BCUT2D eigenvalue weighted by Gasteiger charge is 2.40. The number of hydrogen-bond acceptors (Lipinski definition) is 7. The third-order valence-electron chi connectivity index (χ3n) is 8.47. The Bertz CT molecular complexity index is 1530. The molecule has 4 rings (SSSR count). The Labute approximate surface area is 270 Å². The molecule has 0 bridgehead atoms. The van der Waals surface area contributed by atoms with Gasteiger partial charge in [-0.1, -0.05) is 62.3 Å². The van der Waals surface area contributed by atoms with Gasteiger partial charge in [-0.15, -0.1) is 0 Å². The zero-order valence-corrected chi connectivity index (χ0v) is 29.4. The van der Waals surface area contributed by atoms with E-state index in [0.717, 1.165) is 28.0 Å². The average Bonchev–Trinajstić information content (AvgIpc) is 3.52. The van der Waals surface area contributed by atoms with Crippen molar-refractivity contribution in [3.8, 4) is 0 Å². The molecule has 1 aromatic carbocycles. The number of halogens is 2. The first kappa shape index (κ1) is 34.3. The van der Waals surface area contributed by atoms with Crippen LogP contribution in [0.1, 0.15) is 68.5 Å². The lowest BCUT2D eigenvalue weighted by atomic mass is 10.1. The fourth-order valence-corrected chi connectivity index (χ4v) is 7.39. The molecule has 2 aromatic heterocycles. The molecular weight excluding hydrogens is 619 g/mol. The van der Waals surface area contributed by atoms with Crippen molar-refractivity contribution < 1.29 is 23.5 Å². The van der Waals surface area contributed by atoms with Crippen molar-refractivity contribution in [3.05, 3.63) is 80.9 Å². The highest BCUT2D eigenvalue weighted by molar-refractivity contribution is 8.04. The molecule has 240 valence electrons. The minimum atomic E-state index is -1.92. The lowest BCUT2D eigenvalue weighted by molar-refractivity contribution is -0.132. The van der Waals surface area contributed by atoms with Crippen molar-refractivity contribution in [1.29, 1.82) is 0 Å². The van der Waals surface area contributed by atoms with E-state index in [0.29, 0.717) is 37.1 Å². The standard InChI is InChI=1S/C32H44ClFN4O4SSi/c1-9-37-29(42-21(2)24-12-10-22(16-25(24)33)20-41-44(7,8)32(3,4)5)28(31(39)40)43-30(37)26-17-35-27-13-11-23(19-38(26)27)18-36(6)15-14-34/h10-13,16-17,19,21,30H,9,14-15,18,20H2,1-8H3,(H,39,40)/t21-,30?/m1/s1. The highest BCUT2D eigenvalue weighted by Crippen LogP contribution is 2.49. The Hall–Kier alpha value is -2.57. The molecule has 3 aromatic rings. The number of thioether (sulfide) groups is 1.